The number of hydrogen-bond acceptors (Lipinski definition) is 4. The number of nitrogens with zero attached hydrogens (tertiary/aromatic N) is 2. The fourth-order valence-electron chi connectivity index (χ4n) is 5.57. The lowest BCUT2D eigenvalue weighted by Gasteiger charge is -2.34. The van der Waals surface area contributed by atoms with Gasteiger partial charge in [-0.05, 0) is 61.4 Å². The molecule has 2 aliphatic rings. The Morgan fingerprint density at radius 3 is 2.43 bits per heavy atom. The van der Waals surface area contributed by atoms with Gasteiger partial charge in [-0.25, -0.2) is 18.1 Å². The minimum absolute atomic E-state index is 0.0390. The average molecular weight is 515 g/mol. The molecule has 8 heteroatoms. The number of H-pyrrole nitrogens is 1. The molecule has 37 heavy (non-hydrogen) atoms. The maximum Gasteiger partial charge on any atom is 0.240 e. The van der Waals surface area contributed by atoms with E-state index >= 15 is 0 Å². The number of carbonyl (C=O) groups excluding carboxylic acids is 1. The van der Waals surface area contributed by atoms with Crippen LogP contribution in [-0.4, -0.2) is 41.8 Å². The second kappa shape index (κ2) is 9.76. The third kappa shape index (κ3) is 4.91. The van der Waals surface area contributed by atoms with Crippen LogP contribution < -0.4 is 4.72 Å². The van der Waals surface area contributed by atoms with Crippen LogP contribution in [0.1, 0.15) is 36.8 Å². The highest BCUT2D eigenvalue weighted by atomic mass is 32.2. The molecule has 1 aromatic heterocycles. The Morgan fingerprint density at radius 1 is 0.919 bits per heavy atom. The standard InChI is InChI=1S/C29H30N4O3S/c34-29(33-17-16-20-6-4-5-9-23(20)19-33)22-10-12-24(13-11-22)32-37(35,36)25-14-15-26-27(18-25)31-28(30-26)21-7-2-1-3-8-21/h1-9,14-15,18,22,24,32H,10-13,16-17,19H2,(H,30,31)/t22-,24-. The first-order valence-electron chi connectivity index (χ1n) is 12.9. The molecule has 0 bridgehead atoms. The van der Waals surface area contributed by atoms with Gasteiger partial charge in [0.1, 0.15) is 5.82 Å². The van der Waals surface area contributed by atoms with Gasteiger partial charge < -0.3 is 9.88 Å². The minimum Gasteiger partial charge on any atom is -0.338 e. The lowest BCUT2D eigenvalue weighted by Crippen LogP contribution is -2.43. The lowest BCUT2D eigenvalue weighted by molar-refractivity contribution is -0.137. The summed E-state index contributed by atoms with van der Waals surface area (Å²) < 4.78 is 29.2. The molecule has 0 atom stereocenters. The van der Waals surface area contributed by atoms with Crippen LogP contribution in [0.25, 0.3) is 22.4 Å². The van der Waals surface area contributed by atoms with Gasteiger partial charge in [0.15, 0.2) is 0 Å². The van der Waals surface area contributed by atoms with Crippen LogP contribution >= 0.6 is 0 Å². The molecule has 2 heterocycles. The van der Waals surface area contributed by atoms with Crippen LogP contribution in [0.15, 0.2) is 77.7 Å². The van der Waals surface area contributed by atoms with E-state index in [1.54, 1.807) is 18.2 Å². The molecule has 3 aromatic carbocycles. The molecule has 0 saturated heterocycles. The maximum absolute atomic E-state index is 13.2. The second-order valence-corrected chi connectivity index (χ2v) is 11.8. The molecule has 0 radical (unpaired) electrons. The van der Waals surface area contributed by atoms with Gasteiger partial charge in [0.25, 0.3) is 0 Å². The number of nitrogens with one attached hydrogen (secondary N) is 2. The van der Waals surface area contributed by atoms with Crippen LogP contribution in [0.3, 0.4) is 0 Å². The molecule has 1 fully saturated rings. The number of rotatable bonds is 5. The molecular weight excluding hydrogens is 484 g/mol. The molecule has 1 saturated carbocycles. The fourth-order valence-corrected chi connectivity index (χ4v) is 6.90. The van der Waals surface area contributed by atoms with Gasteiger partial charge in [0.05, 0.1) is 15.9 Å². The summed E-state index contributed by atoms with van der Waals surface area (Å²) in [5.74, 6) is 0.870. The number of fused-ring (bicyclic) bond motifs is 2. The summed E-state index contributed by atoms with van der Waals surface area (Å²) in [7, 11) is -3.70. The normalized spacial score (nSPS) is 20.1. The summed E-state index contributed by atoms with van der Waals surface area (Å²) in [6.07, 6.45) is 3.60. The molecule has 1 amide bonds. The van der Waals surface area contributed by atoms with Crippen molar-refractivity contribution in [2.24, 2.45) is 5.92 Å². The van der Waals surface area contributed by atoms with Crippen LogP contribution in [0.5, 0.6) is 0 Å². The number of sulfonamides is 1. The number of carbonyl (C=O) groups is 1. The topological polar surface area (TPSA) is 95.2 Å². The zero-order chi connectivity index (χ0) is 25.4. The van der Waals surface area contributed by atoms with E-state index in [2.05, 4.69) is 26.8 Å². The summed E-state index contributed by atoms with van der Waals surface area (Å²) in [5.41, 5.74) is 4.90. The number of benzene rings is 3. The van der Waals surface area contributed by atoms with Crippen molar-refractivity contribution in [3.63, 3.8) is 0 Å². The maximum atomic E-state index is 13.2. The highest BCUT2D eigenvalue weighted by molar-refractivity contribution is 7.89. The predicted molar refractivity (Wildman–Crippen MR) is 143 cm³/mol. The van der Waals surface area contributed by atoms with Gasteiger partial charge in [-0.2, -0.15) is 0 Å². The smallest absolute Gasteiger partial charge is 0.240 e. The largest absolute Gasteiger partial charge is 0.338 e. The van der Waals surface area contributed by atoms with E-state index in [9.17, 15) is 13.2 Å². The van der Waals surface area contributed by atoms with Crippen molar-refractivity contribution in [1.29, 1.82) is 0 Å². The van der Waals surface area contributed by atoms with E-state index in [-0.39, 0.29) is 22.8 Å². The quantitative estimate of drug-likeness (QED) is 0.405. The summed E-state index contributed by atoms with van der Waals surface area (Å²) in [6, 6.07) is 22.9. The molecule has 0 unspecified atom stereocenters. The molecule has 190 valence electrons. The highest BCUT2D eigenvalue weighted by Gasteiger charge is 2.32. The van der Waals surface area contributed by atoms with Gasteiger partial charge >= 0.3 is 0 Å². The Balaban J connectivity index is 1.09. The Morgan fingerprint density at radius 2 is 1.65 bits per heavy atom. The summed E-state index contributed by atoms with van der Waals surface area (Å²) in [6.45, 7) is 1.42. The fraction of sp³-hybridized carbons (Fsp3) is 0.310. The number of hydrogen-bond donors (Lipinski definition) is 2. The first kappa shape index (κ1) is 23.9. The van der Waals surface area contributed by atoms with E-state index < -0.39 is 10.0 Å². The monoisotopic (exact) mass is 514 g/mol. The summed E-state index contributed by atoms with van der Waals surface area (Å²) >= 11 is 0. The van der Waals surface area contributed by atoms with Crippen LogP contribution in [0, 0.1) is 5.92 Å². The zero-order valence-electron chi connectivity index (χ0n) is 20.6. The number of aromatic amines is 1. The molecule has 1 aliphatic carbocycles. The molecule has 1 aliphatic heterocycles. The molecule has 2 N–H and O–H groups in total. The van der Waals surface area contributed by atoms with E-state index in [1.807, 2.05) is 47.4 Å². The van der Waals surface area contributed by atoms with Gasteiger partial charge in [0.2, 0.25) is 15.9 Å². The van der Waals surface area contributed by atoms with E-state index in [0.717, 1.165) is 24.0 Å². The number of imidazole rings is 1. The van der Waals surface area contributed by atoms with E-state index in [4.69, 9.17) is 0 Å². The molecule has 6 rings (SSSR count). The van der Waals surface area contributed by atoms with Crippen molar-refractivity contribution in [1.82, 2.24) is 19.6 Å². The van der Waals surface area contributed by atoms with Crippen molar-refractivity contribution in [2.45, 2.75) is 49.6 Å². The Kier molecular flexibility index (Phi) is 6.30. The van der Waals surface area contributed by atoms with Gasteiger partial charge in [-0.1, -0.05) is 54.6 Å². The van der Waals surface area contributed by atoms with Gasteiger partial charge in [-0.15, -0.1) is 0 Å². The number of amides is 1. The van der Waals surface area contributed by atoms with Crippen LogP contribution in [0.4, 0.5) is 0 Å². The molecule has 4 aromatic rings. The third-order valence-corrected chi connectivity index (χ3v) is 9.17. The van der Waals surface area contributed by atoms with Gasteiger partial charge in [0, 0.05) is 30.6 Å². The predicted octanol–water partition coefficient (Wildman–Crippen LogP) is 4.65. The number of aromatic nitrogens is 2. The lowest BCUT2D eigenvalue weighted by atomic mass is 9.85. The summed E-state index contributed by atoms with van der Waals surface area (Å²) in [5, 5.41) is 0. The Bertz CT molecular complexity index is 1540. The van der Waals surface area contributed by atoms with Crippen molar-refractivity contribution in [2.75, 3.05) is 6.54 Å². The van der Waals surface area contributed by atoms with Crippen molar-refractivity contribution < 1.29 is 13.2 Å². The zero-order valence-corrected chi connectivity index (χ0v) is 21.4. The average Bonchev–Trinajstić information content (AvgIpc) is 3.37. The molecule has 7 nitrogen and oxygen atoms in total. The summed E-state index contributed by atoms with van der Waals surface area (Å²) in [4.78, 5) is 23.2. The van der Waals surface area contributed by atoms with Crippen molar-refractivity contribution >= 4 is 27.0 Å². The second-order valence-electron chi connectivity index (χ2n) is 10.1. The first-order valence-corrected chi connectivity index (χ1v) is 14.4. The Labute approximate surface area is 217 Å². The first-order chi connectivity index (χ1) is 18.0. The molecular formula is C29H30N4O3S. The van der Waals surface area contributed by atoms with E-state index in [1.165, 1.54) is 11.1 Å². The van der Waals surface area contributed by atoms with Gasteiger partial charge in [-0.3, -0.25) is 4.79 Å². The van der Waals surface area contributed by atoms with Crippen LogP contribution in [-0.2, 0) is 27.8 Å². The molecule has 0 spiro atoms. The van der Waals surface area contributed by atoms with E-state index in [0.29, 0.717) is 43.6 Å². The minimum atomic E-state index is -3.70. The third-order valence-electron chi connectivity index (χ3n) is 7.65. The SMILES string of the molecule is O=C([C@H]1CC[C@H](NS(=O)(=O)c2ccc3[nH]c(-c4ccccc4)nc3c2)CC1)N1CCc2ccccc2C1. The van der Waals surface area contributed by atoms with Crippen molar-refractivity contribution in [3.05, 3.63) is 83.9 Å². The Hall–Kier alpha value is -3.49. The van der Waals surface area contributed by atoms with Crippen molar-refractivity contribution in [3.8, 4) is 11.4 Å². The van der Waals surface area contributed by atoms with Crippen LogP contribution in [0.2, 0.25) is 0 Å². The highest BCUT2D eigenvalue weighted by Crippen LogP contribution is 2.30.